The number of hydrogen-bond acceptors (Lipinski definition) is 2. The van der Waals surface area contributed by atoms with E-state index in [-0.39, 0.29) is 11.9 Å². The van der Waals surface area contributed by atoms with Crippen molar-refractivity contribution >= 4 is 15.1 Å². The van der Waals surface area contributed by atoms with Crippen LogP contribution in [0, 0.1) is 0 Å². The van der Waals surface area contributed by atoms with Crippen molar-refractivity contribution in [3.05, 3.63) is 0 Å². The fourth-order valence-electron chi connectivity index (χ4n) is 2.67. The molecule has 1 rings (SSSR count). The van der Waals surface area contributed by atoms with Crippen molar-refractivity contribution in [2.75, 3.05) is 6.16 Å². The van der Waals surface area contributed by atoms with E-state index in [0.717, 1.165) is 12.8 Å². The highest BCUT2D eigenvalue weighted by Crippen LogP contribution is 2.36. The molecule has 0 aromatic rings. The van der Waals surface area contributed by atoms with Gasteiger partial charge in [0.1, 0.15) is 6.16 Å². The van der Waals surface area contributed by atoms with Crippen LogP contribution in [0.2, 0.25) is 0 Å². The minimum Gasteiger partial charge on any atom is -0.350 e. The van der Waals surface area contributed by atoms with E-state index in [9.17, 15) is 10.0 Å². The van der Waals surface area contributed by atoms with Gasteiger partial charge in [0, 0.05) is 17.1 Å². The summed E-state index contributed by atoms with van der Waals surface area (Å²) in [5, 5.41) is 16.3. The quantitative estimate of drug-likeness (QED) is 0.741. The van der Waals surface area contributed by atoms with E-state index < -0.39 is 11.1 Å². The van der Waals surface area contributed by atoms with Crippen molar-refractivity contribution in [2.45, 2.75) is 57.7 Å². The Hall–Kier alpha value is -0.180. The first-order valence-corrected chi connectivity index (χ1v) is 6.75. The second-order valence-corrected chi connectivity index (χ2v) is 6.34. The van der Waals surface area contributed by atoms with Crippen LogP contribution < -0.4 is 5.32 Å². The topological polar surface area (TPSA) is 52.2 Å². The van der Waals surface area contributed by atoms with Gasteiger partial charge in [-0.25, -0.2) is 0 Å². The normalized spacial score (nSPS) is 25.6. The smallest absolute Gasteiger partial charge is 0.257 e. The predicted molar refractivity (Wildman–Crippen MR) is 67.8 cm³/mol. The Kier molecular flexibility index (Phi) is 3.99. The second-order valence-electron chi connectivity index (χ2n) is 5.84. The molecule has 1 radical (unpaired) electrons. The van der Waals surface area contributed by atoms with E-state index in [0.29, 0.717) is 6.16 Å². The van der Waals surface area contributed by atoms with Gasteiger partial charge in [-0.05, 0) is 49.8 Å². The number of hydrogen-bond donors (Lipinski definition) is 1. The Morgan fingerprint density at radius 3 is 2.12 bits per heavy atom. The monoisotopic (exact) mass is 246 g/mol. The lowest BCUT2D eigenvalue weighted by molar-refractivity contribution is -0.290. The van der Waals surface area contributed by atoms with E-state index in [1.165, 1.54) is 5.06 Å². The number of amides is 1. The van der Waals surface area contributed by atoms with Crippen LogP contribution in [0.1, 0.15) is 40.5 Å². The first kappa shape index (κ1) is 13.9. The molecule has 1 fully saturated rings. The molecule has 1 N–H and O–H groups in total. The zero-order chi connectivity index (χ0) is 12.6. The summed E-state index contributed by atoms with van der Waals surface area (Å²) < 4.78 is 0. The second kappa shape index (κ2) is 4.59. The van der Waals surface area contributed by atoms with Gasteiger partial charge in [0.2, 0.25) is 0 Å². The lowest BCUT2D eigenvalue weighted by Gasteiger charge is -2.49. The molecule has 1 saturated heterocycles. The molecule has 0 aromatic heterocycles. The summed E-state index contributed by atoms with van der Waals surface area (Å²) >= 11 is 0. The molecule has 0 bridgehead atoms. The SMILES string of the molecule is CC1(C)CC(NC(=O)C[PH3+])CC(C)(C)N1[O]. The van der Waals surface area contributed by atoms with Gasteiger partial charge in [0.05, 0.1) is 0 Å². The number of piperidine rings is 1. The van der Waals surface area contributed by atoms with Gasteiger partial charge >= 0.3 is 0 Å². The number of hydroxylamine groups is 2. The summed E-state index contributed by atoms with van der Waals surface area (Å²) in [6.07, 6.45) is 1.96. The van der Waals surface area contributed by atoms with Crippen LogP contribution in [0.4, 0.5) is 0 Å². The fourth-order valence-corrected chi connectivity index (χ4v) is 2.81. The van der Waals surface area contributed by atoms with Gasteiger partial charge in [0.15, 0.2) is 0 Å². The largest absolute Gasteiger partial charge is 0.350 e. The molecule has 0 aliphatic carbocycles. The number of nitrogens with zero attached hydrogens (tertiary/aromatic N) is 1. The van der Waals surface area contributed by atoms with Gasteiger partial charge in [0.25, 0.3) is 5.91 Å². The summed E-state index contributed by atoms with van der Waals surface area (Å²) in [6.45, 7) is 7.75. The van der Waals surface area contributed by atoms with Crippen molar-refractivity contribution < 1.29 is 10.0 Å². The van der Waals surface area contributed by atoms with E-state index in [2.05, 4.69) is 5.32 Å². The minimum atomic E-state index is -0.407. The Morgan fingerprint density at radius 2 is 1.75 bits per heavy atom. The predicted octanol–water partition coefficient (Wildman–Crippen LogP) is 1.08. The maximum absolute atomic E-state index is 12.1. The molecule has 5 heteroatoms. The molecule has 0 aromatic carbocycles. The molecule has 1 amide bonds. The Morgan fingerprint density at radius 1 is 1.31 bits per heavy atom. The molecule has 1 aliphatic rings. The average Bonchev–Trinajstić information content (AvgIpc) is 2.13. The fraction of sp³-hybridized carbons (Fsp3) is 0.909. The van der Waals surface area contributed by atoms with Gasteiger partial charge in [-0.1, -0.05) is 0 Å². The number of carbonyl (C=O) groups is 1. The Balaban J connectivity index is 2.75. The van der Waals surface area contributed by atoms with Crippen molar-refractivity contribution in [1.29, 1.82) is 0 Å². The molecule has 0 spiro atoms. The van der Waals surface area contributed by atoms with Crippen molar-refractivity contribution in [1.82, 2.24) is 10.4 Å². The molecule has 93 valence electrons. The van der Waals surface area contributed by atoms with Gasteiger partial charge < -0.3 is 5.32 Å². The van der Waals surface area contributed by atoms with Gasteiger partial charge in [-0.3, -0.25) is 4.79 Å². The third-order valence-electron chi connectivity index (χ3n) is 3.18. The van der Waals surface area contributed by atoms with Gasteiger partial charge in [-0.2, -0.15) is 0 Å². The van der Waals surface area contributed by atoms with Crippen LogP contribution in [0.15, 0.2) is 0 Å². The van der Waals surface area contributed by atoms with Crippen molar-refractivity contribution in [2.24, 2.45) is 0 Å². The molecule has 16 heavy (non-hydrogen) atoms. The molecule has 4 nitrogen and oxygen atoms in total. The highest BCUT2D eigenvalue weighted by atomic mass is 31.0. The van der Waals surface area contributed by atoms with Crippen LogP contribution in [0.5, 0.6) is 0 Å². The zero-order valence-corrected chi connectivity index (χ0v) is 12.1. The highest BCUT2D eigenvalue weighted by Gasteiger charge is 2.46. The van der Waals surface area contributed by atoms with Gasteiger partial charge in [-0.15, -0.1) is 10.3 Å². The van der Waals surface area contributed by atoms with Crippen LogP contribution in [0.3, 0.4) is 0 Å². The Labute approximate surface area is 99.9 Å². The summed E-state index contributed by atoms with van der Waals surface area (Å²) in [5.74, 6) is 0.0780. The van der Waals surface area contributed by atoms with Crippen LogP contribution in [0.25, 0.3) is 0 Å². The van der Waals surface area contributed by atoms with E-state index in [4.69, 9.17) is 0 Å². The van der Waals surface area contributed by atoms with Crippen molar-refractivity contribution in [3.8, 4) is 0 Å². The molecule has 1 unspecified atom stereocenters. The summed E-state index contributed by atoms with van der Waals surface area (Å²) in [4.78, 5) is 11.4. The van der Waals surface area contributed by atoms with Crippen molar-refractivity contribution in [3.63, 3.8) is 0 Å². The highest BCUT2D eigenvalue weighted by molar-refractivity contribution is 7.18. The maximum Gasteiger partial charge on any atom is 0.257 e. The first-order valence-electron chi connectivity index (χ1n) is 5.75. The van der Waals surface area contributed by atoms with E-state index in [1.807, 2.05) is 27.7 Å². The number of rotatable bonds is 2. The lowest BCUT2D eigenvalue weighted by Crippen LogP contribution is -2.62. The average molecular weight is 246 g/mol. The summed E-state index contributed by atoms with van der Waals surface area (Å²) in [6, 6.07) is 0.118. The van der Waals surface area contributed by atoms with Crippen LogP contribution in [-0.2, 0) is 10.0 Å². The summed E-state index contributed by atoms with van der Waals surface area (Å²) in [5.41, 5.74) is -0.814. The lowest BCUT2D eigenvalue weighted by atomic mass is 9.79. The molecular formula is C11H23N2O2P+. The third-order valence-corrected chi connectivity index (χ3v) is 3.64. The minimum absolute atomic E-state index is 0.0780. The number of carbonyl (C=O) groups excluding carboxylic acids is 1. The third kappa shape index (κ3) is 2.93. The molecule has 1 heterocycles. The zero-order valence-electron chi connectivity index (χ0n) is 10.7. The first-order chi connectivity index (χ1) is 7.19. The van der Waals surface area contributed by atoms with E-state index >= 15 is 0 Å². The standard InChI is InChI=1S/C11H22N2O2P/c1-10(2)5-8(12-9(14)7-16)6-11(3,4)13(10)15/h8H,5-7,16H2,1-4H3,(H,12,14)/p+1. The van der Waals surface area contributed by atoms with E-state index in [1.54, 1.807) is 9.24 Å². The molecule has 1 atom stereocenters. The molecule has 0 saturated carbocycles. The van der Waals surface area contributed by atoms with Crippen LogP contribution in [-0.4, -0.2) is 34.3 Å². The maximum atomic E-state index is 12.1. The molecule has 1 aliphatic heterocycles. The molecular weight excluding hydrogens is 223 g/mol. The Bertz CT molecular complexity index is 261. The van der Waals surface area contributed by atoms with Crippen LogP contribution >= 0.6 is 9.24 Å². The summed E-state index contributed by atoms with van der Waals surface area (Å²) in [7, 11) is 1.65. The number of nitrogens with one attached hydrogen (secondary N) is 1.